The van der Waals surface area contributed by atoms with Gasteiger partial charge in [0.25, 0.3) is 0 Å². The lowest BCUT2D eigenvalue weighted by atomic mass is 9.90. The second kappa shape index (κ2) is 6.15. The topological polar surface area (TPSA) is 46.0 Å². The van der Waals surface area contributed by atoms with E-state index in [0.29, 0.717) is 5.56 Å². The molecule has 0 aliphatic rings. The third-order valence-electron chi connectivity index (χ3n) is 2.86. The van der Waals surface area contributed by atoms with Crippen LogP contribution in [0.25, 0.3) is 0 Å². The van der Waals surface area contributed by atoms with Gasteiger partial charge in [-0.05, 0) is 5.56 Å². The van der Waals surface area contributed by atoms with Crippen LogP contribution in [0.2, 0.25) is 10.3 Å². The highest BCUT2D eigenvalue weighted by Gasteiger charge is 2.25. The van der Waals surface area contributed by atoms with E-state index in [2.05, 4.69) is 16.5 Å². The first kappa shape index (κ1) is 14.0. The first-order valence-corrected chi connectivity index (χ1v) is 6.42. The van der Waals surface area contributed by atoms with E-state index < -0.39 is 6.10 Å². The van der Waals surface area contributed by atoms with E-state index in [1.54, 1.807) is 6.08 Å². The Bertz CT molecular complexity index is 555. The van der Waals surface area contributed by atoms with E-state index in [9.17, 15) is 5.11 Å². The van der Waals surface area contributed by atoms with Crippen molar-refractivity contribution < 1.29 is 5.11 Å². The summed E-state index contributed by atoms with van der Waals surface area (Å²) < 4.78 is 0. The van der Waals surface area contributed by atoms with Gasteiger partial charge in [0.1, 0.15) is 16.6 Å². The fourth-order valence-corrected chi connectivity index (χ4v) is 2.44. The molecule has 2 rings (SSSR count). The average molecular weight is 295 g/mol. The Hall–Kier alpha value is -1.42. The molecule has 0 amide bonds. The van der Waals surface area contributed by atoms with E-state index in [1.165, 1.54) is 6.33 Å². The summed E-state index contributed by atoms with van der Waals surface area (Å²) in [5.41, 5.74) is 1.24. The van der Waals surface area contributed by atoms with Gasteiger partial charge in [-0.15, -0.1) is 6.58 Å². The number of nitrogens with zero attached hydrogens (tertiary/aromatic N) is 2. The van der Waals surface area contributed by atoms with E-state index in [4.69, 9.17) is 23.2 Å². The molecule has 0 unspecified atom stereocenters. The van der Waals surface area contributed by atoms with Gasteiger partial charge in [0.05, 0.1) is 11.7 Å². The Morgan fingerprint density at radius 2 is 1.68 bits per heavy atom. The van der Waals surface area contributed by atoms with Crippen molar-refractivity contribution >= 4 is 23.2 Å². The Labute approximate surface area is 121 Å². The van der Waals surface area contributed by atoms with Gasteiger partial charge in [0.2, 0.25) is 0 Å². The maximum atomic E-state index is 10.5. The summed E-state index contributed by atoms with van der Waals surface area (Å²) in [5.74, 6) is -0.331. The van der Waals surface area contributed by atoms with Crippen molar-refractivity contribution in [3.63, 3.8) is 0 Å². The molecule has 1 N–H and O–H groups in total. The molecule has 0 aliphatic carbocycles. The van der Waals surface area contributed by atoms with Crippen LogP contribution in [0.1, 0.15) is 23.1 Å². The first-order chi connectivity index (χ1) is 9.15. The highest BCUT2D eigenvalue weighted by Crippen LogP contribution is 2.37. The zero-order valence-electron chi connectivity index (χ0n) is 10.0. The molecule has 0 fully saturated rings. The average Bonchev–Trinajstić information content (AvgIpc) is 2.40. The van der Waals surface area contributed by atoms with Crippen LogP contribution in [0, 0.1) is 0 Å². The lowest BCUT2D eigenvalue weighted by molar-refractivity contribution is 0.161. The minimum Gasteiger partial charge on any atom is -0.387 e. The summed E-state index contributed by atoms with van der Waals surface area (Å²) in [6.07, 6.45) is 1.97. The zero-order chi connectivity index (χ0) is 13.8. The van der Waals surface area contributed by atoms with Crippen molar-refractivity contribution in [2.24, 2.45) is 0 Å². The van der Waals surface area contributed by atoms with Crippen molar-refractivity contribution in [1.29, 1.82) is 0 Å². The van der Waals surface area contributed by atoms with Crippen LogP contribution < -0.4 is 0 Å². The molecule has 0 radical (unpaired) electrons. The van der Waals surface area contributed by atoms with Crippen molar-refractivity contribution in [2.75, 3.05) is 0 Å². The minimum absolute atomic E-state index is 0.148. The third kappa shape index (κ3) is 2.95. The van der Waals surface area contributed by atoms with Crippen LogP contribution in [0.4, 0.5) is 0 Å². The van der Waals surface area contributed by atoms with Gasteiger partial charge in [-0.2, -0.15) is 0 Å². The quantitative estimate of drug-likeness (QED) is 0.689. The molecule has 98 valence electrons. The maximum absolute atomic E-state index is 10.5. The molecule has 1 aromatic heterocycles. The number of aliphatic hydroxyl groups excluding tert-OH is 1. The van der Waals surface area contributed by atoms with Gasteiger partial charge >= 0.3 is 0 Å². The molecule has 0 saturated carbocycles. The van der Waals surface area contributed by atoms with Crippen molar-refractivity contribution in [3.8, 4) is 0 Å². The Balaban J connectivity index is 2.42. The summed E-state index contributed by atoms with van der Waals surface area (Å²) in [5, 5.41) is 10.8. The van der Waals surface area contributed by atoms with Crippen LogP contribution in [0.3, 0.4) is 0 Å². The maximum Gasteiger partial charge on any atom is 0.139 e. The predicted molar refractivity (Wildman–Crippen MR) is 76.4 cm³/mol. The number of hydrogen-bond acceptors (Lipinski definition) is 3. The minimum atomic E-state index is -0.943. The Kier molecular flexibility index (Phi) is 4.53. The molecule has 5 heteroatoms. The summed E-state index contributed by atoms with van der Waals surface area (Å²) in [6, 6.07) is 9.50. The molecular weight excluding hydrogens is 283 g/mol. The number of halogens is 2. The number of benzene rings is 1. The van der Waals surface area contributed by atoms with Gasteiger partial charge in [0, 0.05) is 5.92 Å². The van der Waals surface area contributed by atoms with Crippen molar-refractivity contribution in [2.45, 2.75) is 12.0 Å². The van der Waals surface area contributed by atoms with E-state index in [1.807, 2.05) is 30.3 Å². The molecule has 0 saturated heterocycles. The summed E-state index contributed by atoms with van der Waals surface area (Å²) in [6.45, 7) is 3.76. The summed E-state index contributed by atoms with van der Waals surface area (Å²) in [7, 11) is 0. The third-order valence-corrected chi connectivity index (χ3v) is 3.46. The molecule has 0 bridgehead atoms. The number of aliphatic hydroxyl groups is 1. The SMILES string of the molecule is C=C[C@H](c1ccccc1)[C@H](O)c1c(Cl)ncnc1Cl. The van der Waals surface area contributed by atoms with E-state index in [-0.39, 0.29) is 16.2 Å². The van der Waals surface area contributed by atoms with Gasteiger partial charge in [-0.3, -0.25) is 0 Å². The fourth-order valence-electron chi connectivity index (χ4n) is 1.90. The monoisotopic (exact) mass is 294 g/mol. The van der Waals surface area contributed by atoms with E-state index in [0.717, 1.165) is 5.56 Å². The molecule has 19 heavy (non-hydrogen) atoms. The smallest absolute Gasteiger partial charge is 0.139 e. The van der Waals surface area contributed by atoms with Gasteiger partial charge < -0.3 is 5.11 Å². The van der Waals surface area contributed by atoms with Crippen LogP contribution in [-0.4, -0.2) is 15.1 Å². The molecule has 0 aliphatic heterocycles. The summed E-state index contributed by atoms with van der Waals surface area (Å²) in [4.78, 5) is 7.69. The van der Waals surface area contributed by atoms with Crippen molar-refractivity contribution in [3.05, 3.63) is 70.7 Å². The summed E-state index contributed by atoms with van der Waals surface area (Å²) >= 11 is 12.0. The van der Waals surface area contributed by atoms with Crippen LogP contribution in [0.5, 0.6) is 0 Å². The molecule has 3 nitrogen and oxygen atoms in total. The Morgan fingerprint density at radius 3 is 2.21 bits per heavy atom. The second-order valence-electron chi connectivity index (χ2n) is 3.99. The lowest BCUT2D eigenvalue weighted by Gasteiger charge is -2.21. The van der Waals surface area contributed by atoms with Gasteiger partial charge in [-0.1, -0.05) is 59.6 Å². The van der Waals surface area contributed by atoms with Crippen LogP contribution >= 0.6 is 23.2 Å². The standard InChI is InChI=1S/C14H12Cl2N2O/c1-2-10(9-6-4-3-5-7-9)12(19)11-13(15)17-8-18-14(11)16/h2-8,10,12,19H,1H2/t10-,12+/m1/s1. The number of rotatable bonds is 4. The lowest BCUT2D eigenvalue weighted by Crippen LogP contribution is -2.11. The molecule has 1 aromatic carbocycles. The number of hydrogen-bond donors (Lipinski definition) is 1. The van der Waals surface area contributed by atoms with Crippen LogP contribution in [0.15, 0.2) is 49.3 Å². The van der Waals surface area contributed by atoms with Crippen molar-refractivity contribution in [1.82, 2.24) is 9.97 Å². The normalized spacial score (nSPS) is 13.8. The largest absolute Gasteiger partial charge is 0.387 e. The van der Waals surface area contributed by atoms with Gasteiger partial charge in [0.15, 0.2) is 0 Å². The first-order valence-electron chi connectivity index (χ1n) is 5.66. The highest BCUT2D eigenvalue weighted by molar-refractivity contribution is 6.34. The molecule has 2 aromatic rings. The van der Waals surface area contributed by atoms with E-state index >= 15 is 0 Å². The number of aromatic nitrogens is 2. The molecule has 1 heterocycles. The molecule has 2 atom stereocenters. The highest BCUT2D eigenvalue weighted by atomic mass is 35.5. The van der Waals surface area contributed by atoms with Gasteiger partial charge in [-0.25, -0.2) is 9.97 Å². The second-order valence-corrected chi connectivity index (χ2v) is 4.70. The fraction of sp³-hybridized carbons (Fsp3) is 0.143. The van der Waals surface area contributed by atoms with Crippen LogP contribution in [-0.2, 0) is 0 Å². The molecular formula is C14H12Cl2N2O. The predicted octanol–water partition coefficient (Wildman–Crippen LogP) is 3.79. The molecule has 0 spiro atoms. The Morgan fingerprint density at radius 1 is 1.11 bits per heavy atom. The zero-order valence-corrected chi connectivity index (χ0v) is 11.5.